The molecule has 1 N–H and O–H groups in total. The normalized spacial score (nSPS) is 21.6. The van der Waals surface area contributed by atoms with Crippen molar-refractivity contribution in [1.29, 1.82) is 0 Å². The quantitative estimate of drug-likeness (QED) is 0.926. The summed E-state index contributed by atoms with van der Waals surface area (Å²) in [5, 5.41) is 0. The Balaban J connectivity index is 1.57. The summed E-state index contributed by atoms with van der Waals surface area (Å²) in [5.41, 5.74) is 1.14. The van der Waals surface area contributed by atoms with Crippen LogP contribution in [0.5, 0.6) is 0 Å². The van der Waals surface area contributed by atoms with Crippen LogP contribution in [0.15, 0.2) is 18.5 Å². The van der Waals surface area contributed by atoms with E-state index in [1.807, 2.05) is 12.4 Å². The maximum Gasteiger partial charge on any atom is 0.227 e. The second kappa shape index (κ2) is 7.42. The molecule has 2 saturated heterocycles. The van der Waals surface area contributed by atoms with Crippen LogP contribution in [0.2, 0.25) is 0 Å². The van der Waals surface area contributed by atoms with E-state index in [1.165, 1.54) is 32.1 Å². The molecule has 25 heavy (non-hydrogen) atoms. The molecule has 2 aliphatic rings. The predicted octanol–water partition coefficient (Wildman–Crippen LogP) is 3.14. The average Bonchev–Trinajstić information content (AvgIpc) is 3.23. The van der Waals surface area contributed by atoms with Gasteiger partial charge in [0, 0.05) is 56.3 Å². The first-order valence-corrected chi connectivity index (χ1v) is 9.70. The first kappa shape index (κ1) is 16.4. The van der Waals surface area contributed by atoms with Crippen LogP contribution < -0.4 is 9.80 Å². The van der Waals surface area contributed by atoms with Crippen LogP contribution in [0.4, 0.5) is 11.8 Å². The minimum absolute atomic E-state index is 0.460. The van der Waals surface area contributed by atoms with Gasteiger partial charge in [0.05, 0.1) is 0 Å². The topological polar surface area (TPSA) is 60.9 Å². The van der Waals surface area contributed by atoms with Gasteiger partial charge in [-0.05, 0) is 38.5 Å². The Labute approximate surface area is 149 Å². The lowest BCUT2D eigenvalue weighted by Gasteiger charge is -2.34. The van der Waals surface area contributed by atoms with Gasteiger partial charge in [-0.25, -0.2) is 9.97 Å². The summed E-state index contributed by atoms with van der Waals surface area (Å²) in [6.45, 7) is 6.39. The van der Waals surface area contributed by atoms with Gasteiger partial charge in [-0.15, -0.1) is 0 Å². The number of anilines is 2. The Morgan fingerprint density at radius 2 is 1.92 bits per heavy atom. The molecule has 1 atom stereocenters. The molecule has 6 nitrogen and oxygen atoms in total. The number of hydrogen-bond acceptors (Lipinski definition) is 5. The van der Waals surface area contributed by atoms with E-state index in [0.29, 0.717) is 5.92 Å². The number of H-pyrrole nitrogens is 1. The van der Waals surface area contributed by atoms with E-state index in [9.17, 15) is 0 Å². The van der Waals surface area contributed by atoms with Crippen molar-refractivity contribution in [3.05, 3.63) is 30.0 Å². The molecule has 6 heteroatoms. The summed E-state index contributed by atoms with van der Waals surface area (Å²) in [4.78, 5) is 22.3. The number of rotatable bonds is 4. The summed E-state index contributed by atoms with van der Waals surface area (Å²) in [6.07, 6.45) is 10.9. The van der Waals surface area contributed by atoms with E-state index in [4.69, 9.17) is 9.97 Å². The monoisotopic (exact) mass is 340 g/mol. The van der Waals surface area contributed by atoms with E-state index in [-0.39, 0.29) is 0 Å². The molecule has 0 saturated carbocycles. The van der Waals surface area contributed by atoms with Crippen LogP contribution in [0, 0.1) is 0 Å². The van der Waals surface area contributed by atoms with Crippen molar-refractivity contribution in [2.45, 2.75) is 51.4 Å². The van der Waals surface area contributed by atoms with Gasteiger partial charge >= 0.3 is 0 Å². The molecule has 2 aromatic heterocycles. The van der Waals surface area contributed by atoms with Crippen LogP contribution in [0.1, 0.15) is 56.5 Å². The predicted molar refractivity (Wildman–Crippen MR) is 100 cm³/mol. The van der Waals surface area contributed by atoms with Crippen molar-refractivity contribution in [3.63, 3.8) is 0 Å². The van der Waals surface area contributed by atoms with Gasteiger partial charge in [-0.1, -0.05) is 6.92 Å². The van der Waals surface area contributed by atoms with Crippen LogP contribution >= 0.6 is 0 Å². The maximum absolute atomic E-state index is 4.95. The molecule has 2 aliphatic heterocycles. The molecular formula is C19H28N6. The first-order chi connectivity index (χ1) is 12.3. The fourth-order valence-electron chi connectivity index (χ4n) is 3.96. The van der Waals surface area contributed by atoms with Crippen molar-refractivity contribution >= 4 is 11.8 Å². The molecule has 4 rings (SSSR count). The molecule has 0 amide bonds. The summed E-state index contributed by atoms with van der Waals surface area (Å²) in [7, 11) is 0. The molecule has 0 spiro atoms. The molecule has 0 unspecified atom stereocenters. The smallest absolute Gasteiger partial charge is 0.227 e. The molecule has 0 aromatic carbocycles. The molecule has 4 heterocycles. The Morgan fingerprint density at radius 3 is 2.68 bits per heavy atom. The fourth-order valence-corrected chi connectivity index (χ4v) is 3.96. The maximum atomic E-state index is 4.95. The van der Waals surface area contributed by atoms with E-state index >= 15 is 0 Å². The number of aromatic amines is 1. The van der Waals surface area contributed by atoms with Gasteiger partial charge in [-0.3, -0.25) is 0 Å². The minimum Gasteiger partial charge on any atom is -0.356 e. The highest BCUT2D eigenvalue weighted by Crippen LogP contribution is 2.29. The van der Waals surface area contributed by atoms with Crippen LogP contribution in [-0.2, 0) is 6.42 Å². The van der Waals surface area contributed by atoms with Gasteiger partial charge in [0.2, 0.25) is 5.95 Å². The van der Waals surface area contributed by atoms with Gasteiger partial charge < -0.3 is 14.8 Å². The zero-order chi connectivity index (χ0) is 17.1. The largest absolute Gasteiger partial charge is 0.356 e. The number of imidazole rings is 1. The first-order valence-electron chi connectivity index (χ1n) is 9.70. The fraction of sp³-hybridized carbons (Fsp3) is 0.632. The molecule has 2 fully saturated rings. The van der Waals surface area contributed by atoms with Crippen molar-refractivity contribution in [1.82, 2.24) is 19.9 Å². The number of aromatic nitrogens is 4. The number of piperidine rings is 2. The van der Waals surface area contributed by atoms with E-state index in [0.717, 1.165) is 55.9 Å². The molecule has 134 valence electrons. The van der Waals surface area contributed by atoms with Gasteiger partial charge in [0.25, 0.3) is 0 Å². The highest BCUT2D eigenvalue weighted by molar-refractivity contribution is 5.47. The van der Waals surface area contributed by atoms with Crippen LogP contribution in [0.3, 0.4) is 0 Å². The number of nitrogens with zero attached hydrogens (tertiary/aromatic N) is 5. The zero-order valence-corrected chi connectivity index (χ0v) is 15.1. The van der Waals surface area contributed by atoms with Crippen molar-refractivity contribution in [2.75, 3.05) is 36.0 Å². The molecule has 0 radical (unpaired) electrons. The summed E-state index contributed by atoms with van der Waals surface area (Å²) >= 11 is 0. The summed E-state index contributed by atoms with van der Waals surface area (Å²) < 4.78 is 0. The second-order valence-electron chi connectivity index (χ2n) is 7.18. The van der Waals surface area contributed by atoms with Crippen molar-refractivity contribution in [3.8, 4) is 0 Å². The van der Waals surface area contributed by atoms with Crippen molar-refractivity contribution < 1.29 is 0 Å². The molecule has 0 bridgehead atoms. The Morgan fingerprint density at radius 1 is 1.08 bits per heavy atom. The number of hydrogen-bond donors (Lipinski definition) is 1. The Hall–Kier alpha value is -2.11. The number of nitrogens with one attached hydrogen (secondary N) is 1. The summed E-state index contributed by atoms with van der Waals surface area (Å²) in [6, 6.07) is 2.18. The van der Waals surface area contributed by atoms with Crippen molar-refractivity contribution in [2.24, 2.45) is 0 Å². The zero-order valence-electron chi connectivity index (χ0n) is 15.1. The van der Waals surface area contributed by atoms with Crippen LogP contribution in [0.25, 0.3) is 0 Å². The highest BCUT2D eigenvalue weighted by atomic mass is 15.3. The lowest BCUT2D eigenvalue weighted by Crippen LogP contribution is -2.36. The minimum atomic E-state index is 0.460. The van der Waals surface area contributed by atoms with E-state index < -0.39 is 0 Å². The third kappa shape index (κ3) is 3.62. The van der Waals surface area contributed by atoms with Gasteiger partial charge in [0.15, 0.2) is 0 Å². The average molecular weight is 340 g/mol. The standard InChI is InChI=1S/C19H28N6/c1-2-16-13-17(23-19(22-16)24-10-4-3-5-11-24)25-12-6-7-15(14-25)18-20-8-9-21-18/h8-9,13,15H,2-7,10-12,14H2,1H3,(H,20,21)/t15-/m1/s1. The third-order valence-corrected chi connectivity index (χ3v) is 5.41. The lowest BCUT2D eigenvalue weighted by atomic mass is 9.97. The van der Waals surface area contributed by atoms with E-state index in [1.54, 1.807) is 0 Å². The van der Waals surface area contributed by atoms with Crippen LogP contribution in [-0.4, -0.2) is 46.1 Å². The van der Waals surface area contributed by atoms with Gasteiger partial charge in [-0.2, -0.15) is 4.98 Å². The highest BCUT2D eigenvalue weighted by Gasteiger charge is 2.25. The second-order valence-corrected chi connectivity index (χ2v) is 7.18. The molecule has 0 aliphatic carbocycles. The lowest BCUT2D eigenvalue weighted by molar-refractivity contribution is 0.490. The molecular weight excluding hydrogens is 312 g/mol. The summed E-state index contributed by atoms with van der Waals surface area (Å²) in [5.74, 6) is 3.57. The third-order valence-electron chi connectivity index (χ3n) is 5.41. The number of aryl methyl sites for hydroxylation is 1. The van der Waals surface area contributed by atoms with Gasteiger partial charge in [0.1, 0.15) is 11.6 Å². The Bertz CT molecular complexity index is 677. The molecule has 2 aromatic rings. The van der Waals surface area contributed by atoms with E-state index in [2.05, 4.69) is 32.8 Å². The Kier molecular flexibility index (Phi) is 4.85. The SMILES string of the molecule is CCc1cc(N2CCC[C@@H](c3ncc[nH]3)C2)nc(N2CCCCC2)n1.